The highest BCUT2D eigenvalue weighted by molar-refractivity contribution is 6.33. The highest BCUT2D eigenvalue weighted by atomic mass is 35.5. The van der Waals surface area contributed by atoms with E-state index in [0.29, 0.717) is 24.1 Å². The van der Waals surface area contributed by atoms with E-state index < -0.39 is 0 Å². The molecule has 0 aliphatic heterocycles. The van der Waals surface area contributed by atoms with Gasteiger partial charge in [-0.05, 0) is 7.05 Å². The van der Waals surface area contributed by atoms with Crippen LogP contribution in [0.25, 0.3) is 11.0 Å². The van der Waals surface area contributed by atoms with Crippen molar-refractivity contribution in [3.05, 3.63) is 17.2 Å². The number of fused-ring (bicyclic) bond motifs is 1. The van der Waals surface area contributed by atoms with Gasteiger partial charge in [-0.1, -0.05) is 11.6 Å². The Balaban J connectivity index is 2.21. The number of likely N-dealkylation sites (N-methyl/N-ethyl adjacent to an activating group) is 1. The molecule has 2 aromatic heterocycles. The second-order valence-electron chi connectivity index (χ2n) is 4.17. The van der Waals surface area contributed by atoms with E-state index in [0.717, 1.165) is 17.6 Å². The molecule has 2 rings (SSSR count). The molecule has 0 saturated carbocycles. The van der Waals surface area contributed by atoms with Crippen molar-refractivity contribution in [2.75, 3.05) is 27.3 Å². The summed E-state index contributed by atoms with van der Waals surface area (Å²) in [6.07, 6.45) is 1.68. The van der Waals surface area contributed by atoms with E-state index in [1.807, 2.05) is 14.1 Å². The van der Waals surface area contributed by atoms with Gasteiger partial charge in [-0.3, -0.25) is 9.58 Å². The fourth-order valence-corrected chi connectivity index (χ4v) is 1.90. The van der Waals surface area contributed by atoms with Crippen molar-refractivity contribution in [1.82, 2.24) is 24.6 Å². The summed E-state index contributed by atoms with van der Waals surface area (Å²) in [5.41, 5.74) is 0.755. The first-order valence-corrected chi connectivity index (χ1v) is 6.01. The van der Waals surface area contributed by atoms with Gasteiger partial charge >= 0.3 is 0 Å². The third kappa shape index (κ3) is 2.77. The SMILES string of the molecule is COCCN(C)Cc1nc(Cl)c2cnn(C)c2n1. The lowest BCUT2D eigenvalue weighted by Gasteiger charge is -2.14. The Bertz CT molecular complexity index is 541. The molecule has 2 heterocycles. The normalized spacial score (nSPS) is 11.6. The number of halogens is 1. The van der Waals surface area contributed by atoms with Crippen LogP contribution in [0.5, 0.6) is 0 Å². The van der Waals surface area contributed by atoms with Crippen LogP contribution in [0.15, 0.2) is 6.20 Å². The molecule has 0 saturated heterocycles. The molecule has 7 heteroatoms. The highest BCUT2D eigenvalue weighted by Crippen LogP contribution is 2.19. The number of ether oxygens (including phenoxy) is 1. The first-order chi connectivity index (χ1) is 8.61. The maximum atomic E-state index is 6.12. The molecule has 6 nitrogen and oxygen atoms in total. The first-order valence-electron chi connectivity index (χ1n) is 5.63. The lowest BCUT2D eigenvalue weighted by molar-refractivity contribution is 0.157. The second kappa shape index (κ2) is 5.60. The number of hydrogen-bond donors (Lipinski definition) is 0. The smallest absolute Gasteiger partial charge is 0.162 e. The van der Waals surface area contributed by atoms with Crippen LogP contribution in [-0.4, -0.2) is 52.0 Å². The minimum absolute atomic E-state index is 0.447. The van der Waals surface area contributed by atoms with Gasteiger partial charge < -0.3 is 4.74 Å². The number of methoxy groups -OCH3 is 1. The van der Waals surface area contributed by atoms with E-state index in [-0.39, 0.29) is 0 Å². The van der Waals surface area contributed by atoms with Crippen molar-refractivity contribution in [3.8, 4) is 0 Å². The van der Waals surface area contributed by atoms with Crippen LogP contribution in [0.3, 0.4) is 0 Å². The van der Waals surface area contributed by atoms with Crippen molar-refractivity contribution in [2.24, 2.45) is 7.05 Å². The molecule has 18 heavy (non-hydrogen) atoms. The molecule has 98 valence electrons. The number of nitrogens with zero attached hydrogens (tertiary/aromatic N) is 5. The van der Waals surface area contributed by atoms with Crippen molar-refractivity contribution < 1.29 is 4.74 Å². The molecule has 0 radical (unpaired) electrons. The monoisotopic (exact) mass is 269 g/mol. The van der Waals surface area contributed by atoms with Crippen LogP contribution < -0.4 is 0 Å². The molecule has 0 aliphatic rings. The Labute approximate surface area is 111 Å². The standard InChI is InChI=1S/C11H16ClN5O/c1-16(4-5-18-3)7-9-14-10(12)8-6-13-17(2)11(8)15-9/h6H,4-5,7H2,1-3H3. The third-order valence-corrected chi connectivity index (χ3v) is 2.97. The van der Waals surface area contributed by atoms with Gasteiger partial charge in [-0.15, -0.1) is 0 Å². The topological polar surface area (TPSA) is 56.1 Å². The molecule has 0 fully saturated rings. The van der Waals surface area contributed by atoms with Gasteiger partial charge in [-0.25, -0.2) is 9.97 Å². The number of aromatic nitrogens is 4. The molecule has 0 aromatic carbocycles. The third-order valence-electron chi connectivity index (χ3n) is 2.68. The van der Waals surface area contributed by atoms with Crippen molar-refractivity contribution in [2.45, 2.75) is 6.54 Å². The minimum atomic E-state index is 0.447. The van der Waals surface area contributed by atoms with Gasteiger partial charge in [0, 0.05) is 20.7 Å². The average molecular weight is 270 g/mol. The summed E-state index contributed by atoms with van der Waals surface area (Å²) < 4.78 is 6.72. The van der Waals surface area contributed by atoms with Crippen LogP contribution in [0, 0.1) is 0 Å². The quantitative estimate of drug-likeness (QED) is 0.761. The van der Waals surface area contributed by atoms with Crippen molar-refractivity contribution >= 4 is 22.6 Å². The minimum Gasteiger partial charge on any atom is -0.383 e. The lowest BCUT2D eigenvalue weighted by Crippen LogP contribution is -2.23. The number of rotatable bonds is 5. The van der Waals surface area contributed by atoms with Gasteiger partial charge in [0.05, 0.1) is 24.7 Å². The maximum Gasteiger partial charge on any atom is 0.162 e. The van der Waals surface area contributed by atoms with Crippen LogP contribution >= 0.6 is 11.6 Å². The Morgan fingerprint density at radius 1 is 1.44 bits per heavy atom. The molecular weight excluding hydrogens is 254 g/mol. The zero-order valence-electron chi connectivity index (χ0n) is 10.7. The van der Waals surface area contributed by atoms with Gasteiger partial charge in [0.25, 0.3) is 0 Å². The zero-order valence-corrected chi connectivity index (χ0v) is 11.5. The molecule has 2 aromatic rings. The molecule has 0 spiro atoms. The molecule has 0 N–H and O–H groups in total. The van der Waals surface area contributed by atoms with Gasteiger partial charge in [0.1, 0.15) is 11.0 Å². The van der Waals surface area contributed by atoms with Crippen LogP contribution in [0.4, 0.5) is 0 Å². The Morgan fingerprint density at radius 2 is 2.22 bits per heavy atom. The molecule has 0 amide bonds. The maximum absolute atomic E-state index is 6.12. The molecule has 0 bridgehead atoms. The van der Waals surface area contributed by atoms with Gasteiger partial charge in [-0.2, -0.15) is 5.10 Å². The summed E-state index contributed by atoms with van der Waals surface area (Å²) in [6, 6.07) is 0. The molecule has 0 aliphatic carbocycles. The summed E-state index contributed by atoms with van der Waals surface area (Å²) in [7, 11) is 5.51. The Kier molecular flexibility index (Phi) is 4.11. The van der Waals surface area contributed by atoms with E-state index in [1.54, 1.807) is 18.0 Å². The average Bonchev–Trinajstić information content (AvgIpc) is 2.69. The van der Waals surface area contributed by atoms with E-state index >= 15 is 0 Å². The highest BCUT2D eigenvalue weighted by Gasteiger charge is 2.11. The Morgan fingerprint density at radius 3 is 2.94 bits per heavy atom. The number of aryl methyl sites for hydroxylation is 1. The number of hydrogen-bond acceptors (Lipinski definition) is 5. The van der Waals surface area contributed by atoms with Crippen molar-refractivity contribution in [1.29, 1.82) is 0 Å². The summed E-state index contributed by atoms with van der Waals surface area (Å²) in [5, 5.41) is 5.35. The zero-order chi connectivity index (χ0) is 13.1. The van der Waals surface area contributed by atoms with Gasteiger partial charge in [0.15, 0.2) is 5.65 Å². The van der Waals surface area contributed by atoms with Crippen LogP contribution in [0.2, 0.25) is 5.15 Å². The molecular formula is C11H16ClN5O. The second-order valence-corrected chi connectivity index (χ2v) is 4.52. The van der Waals surface area contributed by atoms with Crippen LogP contribution in [0.1, 0.15) is 5.82 Å². The van der Waals surface area contributed by atoms with Crippen LogP contribution in [-0.2, 0) is 18.3 Å². The Hall–Kier alpha value is -1.24. The predicted molar refractivity (Wildman–Crippen MR) is 69.5 cm³/mol. The lowest BCUT2D eigenvalue weighted by atomic mass is 10.4. The van der Waals surface area contributed by atoms with E-state index in [1.165, 1.54) is 0 Å². The van der Waals surface area contributed by atoms with Gasteiger partial charge in [0.2, 0.25) is 0 Å². The largest absolute Gasteiger partial charge is 0.383 e. The summed E-state index contributed by atoms with van der Waals surface area (Å²) >= 11 is 6.12. The van der Waals surface area contributed by atoms with E-state index in [4.69, 9.17) is 16.3 Å². The predicted octanol–water partition coefficient (Wildman–Crippen LogP) is 1.09. The molecule has 0 unspecified atom stereocenters. The fraction of sp³-hybridized carbons (Fsp3) is 0.545. The van der Waals surface area contributed by atoms with Crippen molar-refractivity contribution in [3.63, 3.8) is 0 Å². The first kappa shape index (κ1) is 13.2. The summed E-state index contributed by atoms with van der Waals surface area (Å²) in [4.78, 5) is 10.8. The van der Waals surface area contributed by atoms with E-state index in [2.05, 4.69) is 20.0 Å². The van der Waals surface area contributed by atoms with E-state index in [9.17, 15) is 0 Å². The summed E-state index contributed by atoms with van der Waals surface area (Å²) in [5.74, 6) is 0.690. The fourth-order valence-electron chi connectivity index (χ4n) is 1.67. The molecule has 0 atom stereocenters. The summed E-state index contributed by atoms with van der Waals surface area (Å²) in [6.45, 7) is 2.13.